The number of nitrogens with one attached hydrogen (secondary N) is 2. The Morgan fingerprint density at radius 2 is 1.83 bits per heavy atom. The monoisotopic (exact) mass is 346 g/mol. The van der Waals surface area contributed by atoms with Gasteiger partial charge in [0.15, 0.2) is 11.5 Å². The van der Waals surface area contributed by atoms with E-state index >= 15 is 0 Å². The van der Waals surface area contributed by atoms with Crippen LogP contribution in [0.25, 0.3) is 11.0 Å². The molecule has 2 aromatic heterocycles. The Kier molecular flexibility index (Phi) is 3.92. The predicted octanol–water partition coefficient (Wildman–Crippen LogP) is 2.69. The number of fused-ring (bicyclic) bond motifs is 1. The highest BCUT2D eigenvalue weighted by atomic mass is 32.2. The SMILES string of the molecule is COc1cc(C)c(C)cc1S(=O)(=O)Nc1n[nH]c2nc(C)ccc12. The van der Waals surface area contributed by atoms with Crippen LogP contribution in [0.2, 0.25) is 0 Å². The second kappa shape index (κ2) is 5.79. The number of methoxy groups -OCH3 is 1. The van der Waals surface area contributed by atoms with Crippen LogP contribution in [0, 0.1) is 20.8 Å². The summed E-state index contributed by atoms with van der Waals surface area (Å²) in [6.07, 6.45) is 0. The van der Waals surface area contributed by atoms with Gasteiger partial charge in [-0.2, -0.15) is 5.10 Å². The number of hydrogen-bond acceptors (Lipinski definition) is 5. The lowest BCUT2D eigenvalue weighted by Gasteiger charge is -2.13. The number of sulfonamides is 1. The van der Waals surface area contributed by atoms with Gasteiger partial charge in [-0.1, -0.05) is 0 Å². The first-order valence-corrected chi connectivity index (χ1v) is 8.80. The Morgan fingerprint density at radius 3 is 2.54 bits per heavy atom. The molecule has 7 nitrogen and oxygen atoms in total. The van der Waals surface area contributed by atoms with Gasteiger partial charge in [0.2, 0.25) is 0 Å². The smallest absolute Gasteiger partial charge is 0.266 e. The fourth-order valence-corrected chi connectivity index (χ4v) is 3.65. The molecule has 3 aromatic rings. The molecule has 8 heteroatoms. The molecule has 0 aliphatic heterocycles. The Bertz CT molecular complexity index is 1030. The van der Waals surface area contributed by atoms with Crippen LogP contribution in [0.15, 0.2) is 29.2 Å². The minimum absolute atomic E-state index is 0.0734. The van der Waals surface area contributed by atoms with Crippen molar-refractivity contribution < 1.29 is 13.2 Å². The van der Waals surface area contributed by atoms with Crippen molar-refractivity contribution in [1.82, 2.24) is 15.2 Å². The van der Waals surface area contributed by atoms with Crippen molar-refractivity contribution in [1.29, 1.82) is 0 Å². The lowest BCUT2D eigenvalue weighted by molar-refractivity contribution is 0.402. The van der Waals surface area contributed by atoms with Gasteiger partial charge in [0.25, 0.3) is 10.0 Å². The van der Waals surface area contributed by atoms with Crippen LogP contribution in [0.5, 0.6) is 5.75 Å². The topological polar surface area (TPSA) is 97.0 Å². The van der Waals surface area contributed by atoms with Crippen molar-refractivity contribution >= 4 is 26.9 Å². The summed E-state index contributed by atoms with van der Waals surface area (Å²) in [5.41, 5.74) is 3.16. The van der Waals surface area contributed by atoms with Crippen molar-refractivity contribution in [3.63, 3.8) is 0 Å². The molecule has 0 saturated carbocycles. The maximum atomic E-state index is 12.8. The number of anilines is 1. The average molecular weight is 346 g/mol. The van der Waals surface area contributed by atoms with E-state index in [1.165, 1.54) is 7.11 Å². The minimum Gasteiger partial charge on any atom is -0.495 e. The summed E-state index contributed by atoms with van der Waals surface area (Å²) in [4.78, 5) is 4.35. The number of aromatic amines is 1. The van der Waals surface area contributed by atoms with E-state index in [1.807, 2.05) is 20.8 Å². The molecule has 24 heavy (non-hydrogen) atoms. The van der Waals surface area contributed by atoms with Crippen LogP contribution in [0.3, 0.4) is 0 Å². The highest BCUT2D eigenvalue weighted by Crippen LogP contribution is 2.30. The highest BCUT2D eigenvalue weighted by Gasteiger charge is 2.23. The molecule has 0 atom stereocenters. The molecule has 126 valence electrons. The van der Waals surface area contributed by atoms with Crippen LogP contribution in [0.4, 0.5) is 5.82 Å². The average Bonchev–Trinajstić information content (AvgIpc) is 2.90. The second-order valence-corrected chi connectivity index (χ2v) is 7.26. The fraction of sp³-hybridized carbons (Fsp3) is 0.250. The summed E-state index contributed by atoms with van der Waals surface area (Å²) in [7, 11) is -2.41. The van der Waals surface area contributed by atoms with Crippen LogP contribution < -0.4 is 9.46 Å². The zero-order chi connectivity index (χ0) is 17.5. The third-order valence-corrected chi connectivity index (χ3v) is 5.22. The van der Waals surface area contributed by atoms with E-state index < -0.39 is 10.0 Å². The van der Waals surface area contributed by atoms with E-state index in [-0.39, 0.29) is 10.7 Å². The van der Waals surface area contributed by atoms with Gasteiger partial charge < -0.3 is 4.74 Å². The summed E-state index contributed by atoms with van der Waals surface area (Å²) < 4.78 is 33.3. The summed E-state index contributed by atoms with van der Waals surface area (Å²) in [6, 6.07) is 6.87. The van der Waals surface area contributed by atoms with E-state index in [0.29, 0.717) is 16.8 Å². The van der Waals surface area contributed by atoms with Crippen molar-refractivity contribution in [2.45, 2.75) is 25.7 Å². The third kappa shape index (κ3) is 2.80. The molecule has 2 N–H and O–H groups in total. The first-order valence-electron chi connectivity index (χ1n) is 7.31. The van der Waals surface area contributed by atoms with E-state index in [1.54, 1.807) is 24.3 Å². The molecule has 1 aromatic carbocycles. The molecule has 0 bridgehead atoms. The third-order valence-electron chi connectivity index (χ3n) is 3.86. The van der Waals surface area contributed by atoms with Crippen LogP contribution >= 0.6 is 0 Å². The Morgan fingerprint density at radius 1 is 1.12 bits per heavy atom. The molecule has 3 rings (SSSR count). The summed E-state index contributed by atoms with van der Waals surface area (Å²) in [6.45, 7) is 5.60. The van der Waals surface area contributed by atoms with Crippen molar-refractivity contribution in [3.8, 4) is 5.75 Å². The van der Waals surface area contributed by atoms with Gasteiger partial charge in [-0.25, -0.2) is 13.4 Å². The standard InChI is InChI=1S/C16H18N4O3S/c1-9-7-13(23-4)14(8-10(9)2)24(21,22)20-16-12-6-5-11(3)17-15(12)18-19-16/h5-8H,1-4H3,(H2,17,18,19,20). The number of H-pyrrole nitrogens is 1. The van der Waals surface area contributed by atoms with Crippen molar-refractivity contribution in [3.05, 3.63) is 41.1 Å². The lowest BCUT2D eigenvalue weighted by atomic mass is 10.1. The molecule has 0 aliphatic carbocycles. The molecular formula is C16H18N4O3S. The molecule has 0 unspecified atom stereocenters. The number of hydrogen-bond donors (Lipinski definition) is 2. The summed E-state index contributed by atoms with van der Waals surface area (Å²) >= 11 is 0. The van der Waals surface area contributed by atoms with Crippen molar-refractivity contribution in [2.75, 3.05) is 11.8 Å². The first kappa shape index (κ1) is 16.3. The molecule has 2 heterocycles. The number of nitrogens with zero attached hydrogens (tertiary/aromatic N) is 2. The van der Waals surface area contributed by atoms with Gasteiger partial charge in [0.1, 0.15) is 10.6 Å². The molecule has 0 fully saturated rings. The van der Waals surface area contributed by atoms with Gasteiger partial charge in [0, 0.05) is 5.69 Å². The molecule has 0 aliphatic rings. The molecular weight excluding hydrogens is 328 g/mol. The number of ether oxygens (including phenoxy) is 1. The lowest BCUT2D eigenvalue weighted by Crippen LogP contribution is -2.15. The predicted molar refractivity (Wildman–Crippen MR) is 91.9 cm³/mol. The second-order valence-electron chi connectivity index (χ2n) is 5.61. The zero-order valence-electron chi connectivity index (χ0n) is 13.8. The van der Waals surface area contributed by atoms with Crippen molar-refractivity contribution in [2.24, 2.45) is 0 Å². The summed E-state index contributed by atoms with van der Waals surface area (Å²) in [5.74, 6) is 0.497. The normalized spacial score (nSPS) is 11.7. The molecule has 0 spiro atoms. The number of rotatable bonds is 4. The van der Waals surface area contributed by atoms with E-state index in [9.17, 15) is 8.42 Å². The van der Waals surface area contributed by atoms with E-state index in [2.05, 4.69) is 19.9 Å². The first-order chi connectivity index (χ1) is 11.3. The van der Waals surface area contributed by atoms with E-state index in [0.717, 1.165) is 16.8 Å². The molecule has 0 amide bonds. The fourth-order valence-electron chi connectivity index (χ4n) is 2.39. The van der Waals surface area contributed by atoms with Gasteiger partial charge >= 0.3 is 0 Å². The van der Waals surface area contributed by atoms with Gasteiger partial charge in [-0.05, 0) is 56.2 Å². The highest BCUT2D eigenvalue weighted by molar-refractivity contribution is 7.92. The maximum Gasteiger partial charge on any atom is 0.266 e. The Labute approximate surface area is 140 Å². The number of aromatic nitrogens is 3. The zero-order valence-corrected chi connectivity index (χ0v) is 14.7. The Balaban J connectivity index is 2.07. The number of benzene rings is 1. The van der Waals surface area contributed by atoms with Gasteiger partial charge in [0.05, 0.1) is 12.5 Å². The van der Waals surface area contributed by atoms with Crippen LogP contribution in [-0.4, -0.2) is 30.7 Å². The largest absolute Gasteiger partial charge is 0.495 e. The van der Waals surface area contributed by atoms with E-state index in [4.69, 9.17) is 4.74 Å². The Hall–Kier alpha value is -2.61. The van der Waals surface area contributed by atoms with Crippen LogP contribution in [-0.2, 0) is 10.0 Å². The van der Waals surface area contributed by atoms with Gasteiger partial charge in [-0.15, -0.1) is 0 Å². The maximum absolute atomic E-state index is 12.8. The van der Waals surface area contributed by atoms with Gasteiger partial charge in [-0.3, -0.25) is 9.82 Å². The minimum atomic E-state index is -3.85. The number of aryl methyl sites for hydroxylation is 3. The number of pyridine rings is 1. The molecule has 0 radical (unpaired) electrons. The quantitative estimate of drug-likeness (QED) is 0.757. The summed E-state index contributed by atoms with van der Waals surface area (Å²) in [5, 5.41) is 7.36. The molecule has 0 saturated heterocycles. The van der Waals surface area contributed by atoms with Crippen LogP contribution in [0.1, 0.15) is 16.8 Å².